The van der Waals surface area contributed by atoms with Crippen LogP contribution in [-0.2, 0) is 65.4 Å². The van der Waals surface area contributed by atoms with Crippen LogP contribution in [0.15, 0.2) is 0 Å². The van der Waals surface area contributed by atoms with Crippen molar-refractivity contribution < 1.29 is 80.2 Å². The standard InChI is InChI=1S/C79H154O17P2/c1-9-71(7)57-49-41-33-25-21-17-15-13-11-12-14-16-18-22-26-36-45-53-61-78(83)96-75(66-90-77(82)60-52-44-38-30-32-40-48-56-70(5)6)68-94-98(87,88)92-64-73(80)63-91-97(85,86)93-67-74(65-89-76(81)59-51-43-35-29-28-34-42-50-58-72(8)10-2)95-79(84)62-54-46-37-27-23-19-20-24-31-39-47-55-69(3)4/h69-75,80H,9-68H2,1-8H3,(H,85,86)(H,87,88)/t71?,72?,73?,74-,75-/m1/s1. The number of carbonyl (C=O) groups excluding carboxylic acids is 4. The zero-order chi connectivity index (χ0) is 72.4. The molecule has 3 N–H and O–H groups in total. The number of rotatable bonds is 76. The molecule has 0 aromatic rings. The van der Waals surface area contributed by atoms with Gasteiger partial charge in [0, 0.05) is 25.7 Å². The zero-order valence-corrected chi connectivity index (χ0v) is 66.2. The van der Waals surface area contributed by atoms with E-state index in [0.29, 0.717) is 31.6 Å². The quantitative estimate of drug-likeness (QED) is 0.0222. The van der Waals surface area contributed by atoms with Crippen molar-refractivity contribution in [2.24, 2.45) is 23.7 Å². The Bertz CT molecular complexity index is 1920. The minimum atomic E-state index is -4.96. The molecular formula is C79H154O17P2. The first-order valence-corrected chi connectivity index (χ1v) is 43.8. The number of phosphoric ester groups is 2. The number of hydrogen-bond donors (Lipinski definition) is 3. The summed E-state index contributed by atoms with van der Waals surface area (Å²) in [6.07, 6.45) is 54.2. The molecule has 7 atom stereocenters. The minimum Gasteiger partial charge on any atom is -0.462 e. The number of aliphatic hydroxyl groups excluding tert-OH is 1. The average Bonchev–Trinajstić information content (AvgIpc) is 1.62. The molecule has 0 aliphatic heterocycles. The van der Waals surface area contributed by atoms with Crippen molar-refractivity contribution in [3.8, 4) is 0 Å². The van der Waals surface area contributed by atoms with Crippen molar-refractivity contribution in [2.75, 3.05) is 39.6 Å². The van der Waals surface area contributed by atoms with Gasteiger partial charge in [-0.15, -0.1) is 0 Å². The Balaban J connectivity index is 5.19. The fourth-order valence-electron chi connectivity index (χ4n) is 12.0. The van der Waals surface area contributed by atoms with E-state index >= 15 is 0 Å². The molecule has 0 aromatic carbocycles. The number of esters is 4. The van der Waals surface area contributed by atoms with E-state index in [2.05, 4.69) is 55.4 Å². The summed E-state index contributed by atoms with van der Waals surface area (Å²) in [5.41, 5.74) is 0. The van der Waals surface area contributed by atoms with Crippen LogP contribution in [0.5, 0.6) is 0 Å². The molecule has 0 fully saturated rings. The van der Waals surface area contributed by atoms with E-state index < -0.39 is 97.5 Å². The highest BCUT2D eigenvalue weighted by atomic mass is 31.2. The first-order valence-electron chi connectivity index (χ1n) is 40.8. The van der Waals surface area contributed by atoms with E-state index in [1.807, 2.05) is 0 Å². The van der Waals surface area contributed by atoms with Crippen LogP contribution in [-0.4, -0.2) is 96.7 Å². The van der Waals surface area contributed by atoms with Crippen LogP contribution in [0.4, 0.5) is 0 Å². The molecule has 0 aromatic heterocycles. The van der Waals surface area contributed by atoms with E-state index in [1.165, 1.54) is 199 Å². The van der Waals surface area contributed by atoms with Crippen molar-refractivity contribution in [3.63, 3.8) is 0 Å². The molecule has 0 saturated carbocycles. The van der Waals surface area contributed by atoms with Crippen LogP contribution < -0.4 is 0 Å². The predicted octanol–water partition coefficient (Wildman–Crippen LogP) is 23.2. The Morgan fingerprint density at radius 3 is 0.724 bits per heavy atom. The second-order valence-corrected chi connectivity index (χ2v) is 32.8. The average molecular weight is 1440 g/mol. The van der Waals surface area contributed by atoms with E-state index in [0.717, 1.165) is 114 Å². The lowest BCUT2D eigenvalue weighted by molar-refractivity contribution is -0.161. The molecule has 0 bridgehead atoms. The molecule has 0 rings (SSSR count). The first kappa shape index (κ1) is 96.1. The normalized spacial score (nSPS) is 14.6. The molecular weight excluding hydrogens is 1280 g/mol. The van der Waals surface area contributed by atoms with Gasteiger partial charge in [0.1, 0.15) is 19.3 Å². The lowest BCUT2D eigenvalue weighted by Crippen LogP contribution is -2.30. The van der Waals surface area contributed by atoms with Crippen molar-refractivity contribution >= 4 is 39.5 Å². The molecule has 0 spiro atoms. The van der Waals surface area contributed by atoms with Gasteiger partial charge in [0.2, 0.25) is 0 Å². The number of unbranched alkanes of at least 4 members (excludes halogenated alkanes) is 40. The molecule has 0 amide bonds. The minimum absolute atomic E-state index is 0.106. The summed E-state index contributed by atoms with van der Waals surface area (Å²) < 4.78 is 68.6. The van der Waals surface area contributed by atoms with Crippen molar-refractivity contribution in [1.82, 2.24) is 0 Å². The Labute approximate surface area is 600 Å². The monoisotopic (exact) mass is 1440 g/mol. The molecule has 19 heteroatoms. The van der Waals surface area contributed by atoms with Crippen LogP contribution in [0, 0.1) is 23.7 Å². The van der Waals surface area contributed by atoms with Gasteiger partial charge in [-0.1, -0.05) is 351 Å². The Morgan fingerprint density at radius 1 is 0.286 bits per heavy atom. The van der Waals surface area contributed by atoms with Crippen LogP contribution in [0.3, 0.4) is 0 Å². The van der Waals surface area contributed by atoms with Crippen LogP contribution >= 0.6 is 15.6 Å². The summed E-state index contributed by atoms with van der Waals surface area (Å²) >= 11 is 0. The van der Waals surface area contributed by atoms with E-state index in [-0.39, 0.29) is 25.7 Å². The topological polar surface area (TPSA) is 237 Å². The van der Waals surface area contributed by atoms with Crippen LogP contribution in [0.1, 0.15) is 402 Å². The smallest absolute Gasteiger partial charge is 0.462 e. The lowest BCUT2D eigenvalue weighted by Gasteiger charge is -2.21. The molecule has 17 nitrogen and oxygen atoms in total. The van der Waals surface area contributed by atoms with Crippen LogP contribution in [0.25, 0.3) is 0 Å². The third-order valence-corrected chi connectivity index (χ3v) is 20.9. The Morgan fingerprint density at radius 2 is 0.490 bits per heavy atom. The van der Waals surface area contributed by atoms with Crippen molar-refractivity contribution in [1.29, 1.82) is 0 Å². The maximum absolute atomic E-state index is 13.1. The van der Waals surface area contributed by atoms with Gasteiger partial charge in [0.25, 0.3) is 0 Å². The molecule has 582 valence electrons. The van der Waals surface area contributed by atoms with E-state index in [4.69, 9.17) is 37.0 Å². The van der Waals surface area contributed by atoms with Gasteiger partial charge in [-0.05, 0) is 49.4 Å². The highest BCUT2D eigenvalue weighted by Gasteiger charge is 2.30. The van der Waals surface area contributed by atoms with Gasteiger partial charge in [-0.3, -0.25) is 37.3 Å². The van der Waals surface area contributed by atoms with Crippen molar-refractivity contribution in [3.05, 3.63) is 0 Å². The molecule has 0 radical (unpaired) electrons. The number of ether oxygens (including phenoxy) is 4. The molecule has 5 unspecified atom stereocenters. The predicted molar refractivity (Wildman–Crippen MR) is 400 cm³/mol. The lowest BCUT2D eigenvalue weighted by atomic mass is 9.99. The maximum Gasteiger partial charge on any atom is 0.472 e. The SMILES string of the molecule is CCC(C)CCCCCCCCCCCCCCCCCCCCC(=O)O[C@H](COC(=O)CCCCCCCCCC(C)C)COP(=O)(O)OCC(O)COP(=O)(O)OC[C@@H](COC(=O)CCCCCCCCCCC(C)CC)OC(=O)CCCCCCCCCCCCCC(C)C. The third kappa shape index (κ3) is 69.8. The maximum atomic E-state index is 13.1. The number of hydrogen-bond acceptors (Lipinski definition) is 15. The van der Waals surface area contributed by atoms with Gasteiger partial charge >= 0.3 is 39.5 Å². The molecule has 0 saturated heterocycles. The van der Waals surface area contributed by atoms with Gasteiger partial charge in [0.05, 0.1) is 26.4 Å². The van der Waals surface area contributed by atoms with E-state index in [1.54, 1.807) is 0 Å². The fourth-order valence-corrected chi connectivity index (χ4v) is 13.6. The number of carbonyl (C=O) groups is 4. The number of aliphatic hydroxyl groups is 1. The highest BCUT2D eigenvalue weighted by molar-refractivity contribution is 7.47. The third-order valence-electron chi connectivity index (χ3n) is 19.0. The van der Waals surface area contributed by atoms with E-state index in [9.17, 15) is 43.2 Å². The summed E-state index contributed by atoms with van der Waals surface area (Å²) in [7, 11) is -9.92. The Hall–Kier alpha value is -1.94. The summed E-state index contributed by atoms with van der Waals surface area (Å²) in [6, 6.07) is 0. The summed E-state index contributed by atoms with van der Waals surface area (Å²) in [4.78, 5) is 72.9. The summed E-state index contributed by atoms with van der Waals surface area (Å²) in [5, 5.41) is 10.6. The first-order chi connectivity index (χ1) is 47.2. The van der Waals surface area contributed by atoms with Gasteiger partial charge in [0.15, 0.2) is 12.2 Å². The number of phosphoric acid groups is 2. The van der Waals surface area contributed by atoms with Gasteiger partial charge in [-0.25, -0.2) is 9.13 Å². The van der Waals surface area contributed by atoms with Crippen molar-refractivity contribution in [2.45, 2.75) is 420 Å². The second-order valence-electron chi connectivity index (χ2n) is 29.9. The van der Waals surface area contributed by atoms with Gasteiger partial charge in [-0.2, -0.15) is 0 Å². The second kappa shape index (κ2) is 68.2. The molecule has 0 aliphatic rings. The fraction of sp³-hybridized carbons (Fsp3) is 0.949. The van der Waals surface area contributed by atoms with Gasteiger partial charge < -0.3 is 33.8 Å². The molecule has 98 heavy (non-hydrogen) atoms. The summed E-state index contributed by atoms with van der Waals surface area (Å²) in [6.45, 7) is 14.2. The largest absolute Gasteiger partial charge is 0.472 e. The van der Waals surface area contributed by atoms with Crippen LogP contribution in [0.2, 0.25) is 0 Å². The molecule has 0 heterocycles. The molecule has 0 aliphatic carbocycles. The zero-order valence-electron chi connectivity index (χ0n) is 64.4. The Kier molecular flexibility index (Phi) is 66.8. The summed E-state index contributed by atoms with van der Waals surface area (Å²) in [5.74, 6) is 1.000. The highest BCUT2D eigenvalue weighted by Crippen LogP contribution is 2.45.